The number of hydrogen-bond donors (Lipinski definition) is 2. The van der Waals surface area contributed by atoms with Crippen LogP contribution in [0.3, 0.4) is 0 Å². The molecule has 3 nitrogen and oxygen atoms in total. The van der Waals surface area contributed by atoms with Crippen LogP contribution in [0.4, 0.5) is 0 Å². The Morgan fingerprint density at radius 2 is 2.00 bits per heavy atom. The Balaban J connectivity index is 2.18. The molecule has 0 fully saturated rings. The molecule has 0 saturated heterocycles. The number of para-hydroxylation sites is 1. The summed E-state index contributed by atoms with van der Waals surface area (Å²) in [6.07, 6.45) is 5.77. The average molecular weight is 261 g/mol. The Morgan fingerprint density at radius 1 is 1.26 bits per heavy atom. The van der Waals surface area contributed by atoms with Gasteiger partial charge in [0.15, 0.2) is 0 Å². The molecule has 1 aliphatic rings. The van der Waals surface area contributed by atoms with Gasteiger partial charge in [-0.15, -0.1) is 0 Å². The van der Waals surface area contributed by atoms with Crippen LogP contribution >= 0.6 is 0 Å². The molecule has 1 aromatic rings. The number of hydrogen-bond acceptors (Lipinski definition) is 3. The molecular formula is C16H23NO2. The maximum absolute atomic E-state index is 9.99. The normalized spacial score (nSPS) is 23.2. The summed E-state index contributed by atoms with van der Waals surface area (Å²) in [5.41, 5.74) is 0.952. The monoisotopic (exact) mass is 261 g/mol. The van der Waals surface area contributed by atoms with E-state index in [1.54, 1.807) is 6.07 Å². The summed E-state index contributed by atoms with van der Waals surface area (Å²) in [7, 11) is 0. The van der Waals surface area contributed by atoms with E-state index in [9.17, 15) is 10.2 Å². The standard InChI is InChI=1S/C16H23NO2/c1-12(18)11-14-7-5-6-10-17(14)13(2)15-8-3-4-9-16(15)19/h3-6,8-9,12-14,18-19H,7,10-11H2,1-2H3. The zero-order chi connectivity index (χ0) is 13.8. The molecule has 1 heterocycles. The molecule has 0 aliphatic carbocycles. The first-order chi connectivity index (χ1) is 9.09. The summed E-state index contributed by atoms with van der Waals surface area (Å²) in [4.78, 5) is 2.35. The number of aliphatic hydroxyl groups excluding tert-OH is 1. The molecule has 0 aromatic heterocycles. The number of nitrogens with zero attached hydrogens (tertiary/aromatic N) is 1. The fourth-order valence-electron chi connectivity index (χ4n) is 2.85. The SMILES string of the molecule is CC(O)CC1CC=CCN1C(C)c1ccccc1O. The summed E-state index contributed by atoms with van der Waals surface area (Å²) >= 11 is 0. The van der Waals surface area contributed by atoms with E-state index in [1.807, 2.05) is 25.1 Å². The fourth-order valence-corrected chi connectivity index (χ4v) is 2.85. The van der Waals surface area contributed by atoms with Gasteiger partial charge in [0.1, 0.15) is 5.75 Å². The van der Waals surface area contributed by atoms with Gasteiger partial charge in [-0.25, -0.2) is 0 Å². The predicted molar refractivity (Wildman–Crippen MR) is 77.1 cm³/mol. The molecule has 0 saturated carbocycles. The molecule has 3 unspecified atom stereocenters. The third-order valence-corrected chi connectivity index (χ3v) is 3.86. The van der Waals surface area contributed by atoms with Crippen molar-refractivity contribution in [2.75, 3.05) is 6.54 Å². The van der Waals surface area contributed by atoms with Gasteiger partial charge in [0.25, 0.3) is 0 Å². The summed E-state index contributed by atoms with van der Waals surface area (Å²) in [5.74, 6) is 0.348. The minimum atomic E-state index is -0.296. The molecule has 0 amide bonds. The first-order valence-corrected chi connectivity index (χ1v) is 6.96. The molecule has 0 radical (unpaired) electrons. The topological polar surface area (TPSA) is 43.7 Å². The molecule has 3 atom stereocenters. The van der Waals surface area contributed by atoms with Crippen LogP contribution in [0.1, 0.15) is 38.3 Å². The Labute approximate surface area is 115 Å². The van der Waals surface area contributed by atoms with E-state index in [2.05, 4.69) is 24.0 Å². The van der Waals surface area contributed by atoms with Crippen molar-refractivity contribution in [2.45, 2.75) is 44.9 Å². The van der Waals surface area contributed by atoms with Crippen molar-refractivity contribution in [2.24, 2.45) is 0 Å². The van der Waals surface area contributed by atoms with Crippen LogP contribution < -0.4 is 0 Å². The van der Waals surface area contributed by atoms with Gasteiger partial charge in [0.2, 0.25) is 0 Å². The summed E-state index contributed by atoms with van der Waals surface area (Å²) in [6.45, 7) is 4.82. The van der Waals surface area contributed by atoms with Gasteiger partial charge in [-0.1, -0.05) is 30.4 Å². The molecule has 0 spiro atoms. The second-order valence-corrected chi connectivity index (χ2v) is 5.38. The first-order valence-electron chi connectivity index (χ1n) is 6.96. The number of benzene rings is 1. The van der Waals surface area contributed by atoms with Crippen molar-refractivity contribution in [3.05, 3.63) is 42.0 Å². The molecule has 0 bridgehead atoms. The van der Waals surface area contributed by atoms with Crippen molar-refractivity contribution in [1.82, 2.24) is 4.90 Å². The van der Waals surface area contributed by atoms with E-state index in [0.29, 0.717) is 11.8 Å². The molecule has 104 valence electrons. The van der Waals surface area contributed by atoms with Crippen LogP contribution in [0.25, 0.3) is 0 Å². The zero-order valence-corrected chi connectivity index (χ0v) is 11.7. The smallest absolute Gasteiger partial charge is 0.120 e. The van der Waals surface area contributed by atoms with E-state index in [1.165, 1.54) is 0 Å². The van der Waals surface area contributed by atoms with E-state index in [-0.39, 0.29) is 12.1 Å². The number of aromatic hydroxyl groups is 1. The van der Waals surface area contributed by atoms with Crippen LogP contribution in [0.15, 0.2) is 36.4 Å². The quantitative estimate of drug-likeness (QED) is 0.819. The third kappa shape index (κ3) is 3.37. The minimum Gasteiger partial charge on any atom is -0.508 e. The zero-order valence-electron chi connectivity index (χ0n) is 11.7. The number of phenols is 1. The lowest BCUT2D eigenvalue weighted by molar-refractivity contribution is 0.0909. The van der Waals surface area contributed by atoms with Gasteiger partial charge in [0.05, 0.1) is 6.10 Å². The average Bonchev–Trinajstić information content (AvgIpc) is 2.38. The van der Waals surface area contributed by atoms with E-state index < -0.39 is 0 Å². The van der Waals surface area contributed by atoms with Gasteiger partial charge in [0, 0.05) is 24.2 Å². The van der Waals surface area contributed by atoms with Crippen molar-refractivity contribution < 1.29 is 10.2 Å². The largest absolute Gasteiger partial charge is 0.508 e. The van der Waals surface area contributed by atoms with Crippen molar-refractivity contribution in [3.8, 4) is 5.75 Å². The van der Waals surface area contributed by atoms with Crippen LogP contribution in [-0.4, -0.2) is 33.8 Å². The van der Waals surface area contributed by atoms with Crippen LogP contribution in [0, 0.1) is 0 Å². The molecular weight excluding hydrogens is 238 g/mol. The van der Waals surface area contributed by atoms with Crippen molar-refractivity contribution in [1.29, 1.82) is 0 Å². The second kappa shape index (κ2) is 6.22. The fraction of sp³-hybridized carbons (Fsp3) is 0.500. The molecule has 2 N–H and O–H groups in total. The van der Waals surface area contributed by atoms with Gasteiger partial charge in [-0.3, -0.25) is 4.90 Å². The van der Waals surface area contributed by atoms with Crippen LogP contribution in [0.5, 0.6) is 5.75 Å². The third-order valence-electron chi connectivity index (χ3n) is 3.86. The Kier molecular flexibility index (Phi) is 4.61. The number of aliphatic hydroxyl groups is 1. The maximum Gasteiger partial charge on any atom is 0.120 e. The van der Waals surface area contributed by atoms with Gasteiger partial charge < -0.3 is 10.2 Å². The predicted octanol–water partition coefficient (Wildman–Crippen LogP) is 2.85. The van der Waals surface area contributed by atoms with Crippen molar-refractivity contribution in [3.63, 3.8) is 0 Å². The summed E-state index contributed by atoms with van der Waals surface area (Å²) in [6, 6.07) is 7.98. The van der Waals surface area contributed by atoms with Gasteiger partial charge >= 0.3 is 0 Å². The van der Waals surface area contributed by atoms with Gasteiger partial charge in [-0.05, 0) is 32.8 Å². The molecule has 19 heavy (non-hydrogen) atoms. The van der Waals surface area contributed by atoms with E-state index >= 15 is 0 Å². The summed E-state index contributed by atoms with van der Waals surface area (Å²) < 4.78 is 0. The highest BCUT2D eigenvalue weighted by Gasteiger charge is 2.27. The molecule has 2 rings (SSSR count). The second-order valence-electron chi connectivity index (χ2n) is 5.38. The molecule has 3 heteroatoms. The van der Waals surface area contributed by atoms with Crippen molar-refractivity contribution >= 4 is 0 Å². The Bertz CT molecular complexity index is 442. The maximum atomic E-state index is 9.99. The number of phenolic OH excluding ortho intramolecular Hbond substituents is 1. The van der Waals surface area contributed by atoms with E-state index in [4.69, 9.17) is 0 Å². The minimum absolute atomic E-state index is 0.148. The highest BCUT2D eigenvalue weighted by molar-refractivity contribution is 5.34. The Morgan fingerprint density at radius 3 is 2.68 bits per heavy atom. The number of rotatable bonds is 4. The Hall–Kier alpha value is -1.32. The molecule has 1 aliphatic heterocycles. The lowest BCUT2D eigenvalue weighted by Gasteiger charge is -2.38. The van der Waals surface area contributed by atoms with Crippen LogP contribution in [-0.2, 0) is 0 Å². The lowest BCUT2D eigenvalue weighted by atomic mass is 9.96. The lowest BCUT2D eigenvalue weighted by Crippen LogP contribution is -2.40. The highest BCUT2D eigenvalue weighted by Crippen LogP contribution is 2.32. The molecule has 1 aromatic carbocycles. The summed E-state index contributed by atoms with van der Waals surface area (Å²) in [5, 5.41) is 19.6. The first kappa shape index (κ1) is 14.1. The highest BCUT2D eigenvalue weighted by atomic mass is 16.3. The van der Waals surface area contributed by atoms with Gasteiger partial charge in [-0.2, -0.15) is 0 Å². The van der Waals surface area contributed by atoms with Crippen LogP contribution in [0.2, 0.25) is 0 Å². The van der Waals surface area contributed by atoms with E-state index in [0.717, 1.165) is 24.9 Å².